The molecule has 1 aliphatic rings. The lowest BCUT2D eigenvalue weighted by atomic mass is 10.3. The molecule has 10 heavy (non-hydrogen) atoms. The van der Waals surface area contributed by atoms with Gasteiger partial charge in [-0.05, 0) is 6.42 Å². The number of alkyl halides is 1. The number of nitrogens with one attached hydrogen (secondary N) is 1. The first kappa shape index (κ1) is 8.50. The molecule has 0 aromatic rings. The summed E-state index contributed by atoms with van der Waals surface area (Å²) in [6, 6.07) is 0.525. The molecule has 0 saturated carbocycles. The monoisotopic (exact) mass is 207 g/mol. The fraction of sp³-hybridized carbons (Fsp3) is 1.00. The van der Waals surface area contributed by atoms with Gasteiger partial charge in [0.05, 0.1) is 6.61 Å². The molecule has 1 rings (SSSR count). The molecule has 1 fully saturated rings. The van der Waals surface area contributed by atoms with Gasteiger partial charge in [0.2, 0.25) is 0 Å². The van der Waals surface area contributed by atoms with Crippen LogP contribution in [0.15, 0.2) is 0 Å². The lowest BCUT2D eigenvalue weighted by Crippen LogP contribution is -2.31. The van der Waals surface area contributed by atoms with E-state index in [1.54, 1.807) is 0 Å². The zero-order chi connectivity index (χ0) is 7.40. The van der Waals surface area contributed by atoms with Gasteiger partial charge in [-0.25, -0.2) is 0 Å². The van der Waals surface area contributed by atoms with Crippen molar-refractivity contribution in [3.8, 4) is 0 Å². The normalized spacial score (nSPS) is 33.0. The van der Waals surface area contributed by atoms with Gasteiger partial charge in [0.25, 0.3) is 0 Å². The average Bonchev–Trinajstić information content (AvgIpc) is 2.37. The van der Waals surface area contributed by atoms with E-state index in [4.69, 9.17) is 4.74 Å². The van der Waals surface area contributed by atoms with Crippen molar-refractivity contribution >= 4 is 15.9 Å². The molecule has 2 unspecified atom stereocenters. The van der Waals surface area contributed by atoms with Gasteiger partial charge in [-0.1, -0.05) is 29.3 Å². The number of halogens is 1. The number of hydrogen-bond donors (Lipinski definition) is 1. The van der Waals surface area contributed by atoms with E-state index in [0.717, 1.165) is 18.4 Å². The molecule has 1 aliphatic heterocycles. The van der Waals surface area contributed by atoms with Crippen molar-refractivity contribution in [1.29, 1.82) is 0 Å². The Morgan fingerprint density at radius 1 is 1.70 bits per heavy atom. The summed E-state index contributed by atoms with van der Waals surface area (Å²) < 4.78 is 5.46. The molecule has 0 spiro atoms. The van der Waals surface area contributed by atoms with Gasteiger partial charge >= 0.3 is 0 Å². The molecule has 0 bridgehead atoms. The maximum absolute atomic E-state index is 5.46. The Balaban J connectivity index is 2.15. The maximum Gasteiger partial charge on any atom is 0.108 e. The standard InChI is InChI=1S/C7H14BrNO/c1-2-3-7-9-6(4-8)5-10-7/h6-7,9H,2-5H2,1H3. The molecule has 1 saturated heterocycles. The van der Waals surface area contributed by atoms with Gasteiger partial charge in [0.1, 0.15) is 6.23 Å². The Bertz CT molecular complexity index is 99.6. The lowest BCUT2D eigenvalue weighted by Gasteiger charge is -2.08. The van der Waals surface area contributed by atoms with Crippen LogP contribution in [0.4, 0.5) is 0 Å². The Kier molecular flexibility index (Phi) is 3.66. The first-order valence-corrected chi connectivity index (χ1v) is 4.92. The summed E-state index contributed by atoms with van der Waals surface area (Å²) in [6.45, 7) is 3.03. The zero-order valence-electron chi connectivity index (χ0n) is 6.27. The molecule has 2 atom stereocenters. The van der Waals surface area contributed by atoms with E-state index in [0.29, 0.717) is 12.3 Å². The van der Waals surface area contributed by atoms with Crippen molar-refractivity contribution < 1.29 is 4.74 Å². The highest BCUT2D eigenvalue weighted by Gasteiger charge is 2.21. The zero-order valence-corrected chi connectivity index (χ0v) is 7.86. The third-order valence-corrected chi connectivity index (χ3v) is 2.44. The largest absolute Gasteiger partial charge is 0.362 e. The second-order valence-corrected chi connectivity index (χ2v) is 3.28. The van der Waals surface area contributed by atoms with Crippen LogP contribution in [0, 0.1) is 0 Å². The van der Waals surface area contributed by atoms with Crippen molar-refractivity contribution in [3.05, 3.63) is 0 Å². The fourth-order valence-corrected chi connectivity index (χ4v) is 1.48. The second kappa shape index (κ2) is 4.31. The molecular weight excluding hydrogens is 194 g/mol. The summed E-state index contributed by atoms with van der Waals surface area (Å²) in [4.78, 5) is 0. The molecule has 0 amide bonds. The van der Waals surface area contributed by atoms with Gasteiger partial charge < -0.3 is 4.74 Å². The topological polar surface area (TPSA) is 21.3 Å². The molecule has 1 N–H and O–H groups in total. The van der Waals surface area contributed by atoms with Crippen LogP contribution in [0.5, 0.6) is 0 Å². The molecule has 0 aromatic heterocycles. The predicted octanol–water partition coefficient (Wildman–Crippen LogP) is 1.50. The van der Waals surface area contributed by atoms with E-state index in [9.17, 15) is 0 Å². The van der Waals surface area contributed by atoms with Crippen LogP contribution in [0.1, 0.15) is 19.8 Å². The van der Waals surface area contributed by atoms with Gasteiger partial charge in [-0.3, -0.25) is 5.32 Å². The van der Waals surface area contributed by atoms with E-state index in [1.165, 1.54) is 6.42 Å². The SMILES string of the molecule is CCCC1NC(CBr)CO1. The van der Waals surface area contributed by atoms with Crippen LogP contribution < -0.4 is 5.32 Å². The molecule has 3 heteroatoms. The number of ether oxygens (including phenoxy) is 1. The molecule has 1 heterocycles. The third kappa shape index (κ3) is 2.22. The number of hydrogen-bond acceptors (Lipinski definition) is 2. The second-order valence-electron chi connectivity index (χ2n) is 2.63. The minimum atomic E-state index is 0.313. The van der Waals surface area contributed by atoms with E-state index >= 15 is 0 Å². The Hall–Kier alpha value is 0.400. The van der Waals surface area contributed by atoms with Crippen LogP contribution in [0.2, 0.25) is 0 Å². The Morgan fingerprint density at radius 2 is 2.50 bits per heavy atom. The van der Waals surface area contributed by atoms with Crippen LogP contribution in [0.25, 0.3) is 0 Å². The maximum atomic E-state index is 5.46. The fourth-order valence-electron chi connectivity index (χ4n) is 1.11. The molecule has 60 valence electrons. The molecule has 0 aliphatic carbocycles. The summed E-state index contributed by atoms with van der Waals surface area (Å²) in [5, 5.41) is 4.37. The van der Waals surface area contributed by atoms with Crippen LogP contribution in [-0.4, -0.2) is 24.2 Å². The summed E-state index contributed by atoms with van der Waals surface area (Å²) in [5.74, 6) is 0. The third-order valence-electron chi connectivity index (χ3n) is 1.66. The molecular formula is C7H14BrNO. The van der Waals surface area contributed by atoms with E-state index < -0.39 is 0 Å². The lowest BCUT2D eigenvalue weighted by molar-refractivity contribution is 0.0929. The average molecular weight is 208 g/mol. The quantitative estimate of drug-likeness (QED) is 0.709. The Labute approximate surface area is 70.5 Å². The summed E-state index contributed by atoms with van der Waals surface area (Å²) in [6.07, 6.45) is 2.63. The van der Waals surface area contributed by atoms with E-state index in [-0.39, 0.29) is 0 Å². The van der Waals surface area contributed by atoms with Crippen molar-refractivity contribution in [2.45, 2.75) is 32.0 Å². The summed E-state index contributed by atoms with van der Waals surface area (Å²) in [7, 11) is 0. The van der Waals surface area contributed by atoms with Crippen LogP contribution >= 0.6 is 15.9 Å². The smallest absolute Gasteiger partial charge is 0.108 e. The number of rotatable bonds is 3. The minimum absolute atomic E-state index is 0.313. The first-order valence-electron chi connectivity index (χ1n) is 3.80. The molecule has 0 aromatic carbocycles. The Morgan fingerprint density at radius 3 is 3.00 bits per heavy atom. The van der Waals surface area contributed by atoms with E-state index in [2.05, 4.69) is 28.2 Å². The van der Waals surface area contributed by atoms with Crippen molar-refractivity contribution in [2.75, 3.05) is 11.9 Å². The van der Waals surface area contributed by atoms with Crippen molar-refractivity contribution in [1.82, 2.24) is 5.32 Å². The van der Waals surface area contributed by atoms with Gasteiger partial charge in [-0.2, -0.15) is 0 Å². The van der Waals surface area contributed by atoms with Gasteiger partial charge in [0.15, 0.2) is 0 Å². The van der Waals surface area contributed by atoms with Crippen LogP contribution in [0.3, 0.4) is 0 Å². The molecule has 2 nitrogen and oxygen atoms in total. The van der Waals surface area contributed by atoms with E-state index in [1.807, 2.05) is 0 Å². The highest BCUT2D eigenvalue weighted by atomic mass is 79.9. The highest BCUT2D eigenvalue weighted by molar-refractivity contribution is 9.09. The van der Waals surface area contributed by atoms with Gasteiger partial charge in [-0.15, -0.1) is 0 Å². The van der Waals surface area contributed by atoms with Crippen molar-refractivity contribution in [2.24, 2.45) is 0 Å². The summed E-state index contributed by atoms with van der Waals surface area (Å²) >= 11 is 3.41. The van der Waals surface area contributed by atoms with Crippen molar-refractivity contribution in [3.63, 3.8) is 0 Å². The highest BCUT2D eigenvalue weighted by Crippen LogP contribution is 2.09. The molecule has 0 radical (unpaired) electrons. The van der Waals surface area contributed by atoms with Gasteiger partial charge in [0, 0.05) is 11.4 Å². The predicted molar refractivity (Wildman–Crippen MR) is 45.4 cm³/mol. The first-order chi connectivity index (χ1) is 4.86. The van der Waals surface area contributed by atoms with Crippen LogP contribution in [-0.2, 0) is 4.74 Å². The minimum Gasteiger partial charge on any atom is -0.362 e. The summed E-state index contributed by atoms with van der Waals surface area (Å²) in [5.41, 5.74) is 0.